The Morgan fingerprint density at radius 2 is 1.80 bits per heavy atom. The molecule has 0 atom stereocenters. The molecule has 0 spiro atoms. The lowest BCUT2D eigenvalue weighted by atomic mass is 10.2. The zero-order valence-electron chi connectivity index (χ0n) is 14.7. The third-order valence-electron chi connectivity index (χ3n) is 4.81. The number of rotatable bonds is 5. The first kappa shape index (κ1) is 18.1. The number of morpholine rings is 1. The minimum Gasteiger partial charge on any atom is -0.494 e. The summed E-state index contributed by atoms with van der Waals surface area (Å²) in [4.78, 5) is 18.7. The van der Waals surface area contributed by atoms with E-state index in [4.69, 9.17) is 9.47 Å². The van der Waals surface area contributed by atoms with Crippen molar-refractivity contribution in [3.63, 3.8) is 0 Å². The summed E-state index contributed by atoms with van der Waals surface area (Å²) in [7, 11) is 1.47. The van der Waals surface area contributed by atoms with Gasteiger partial charge < -0.3 is 14.4 Å². The summed E-state index contributed by atoms with van der Waals surface area (Å²) in [5.41, 5.74) is 0.941. The Balaban J connectivity index is 1.44. The molecule has 1 aromatic rings. The van der Waals surface area contributed by atoms with Gasteiger partial charge in [0.05, 0.1) is 26.9 Å². The molecule has 3 rings (SSSR count). The van der Waals surface area contributed by atoms with Crippen LogP contribution in [0.5, 0.6) is 5.75 Å². The molecule has 2 aliphatic heterocycles. The van der Waals surface area contributed by atoms with Crippen molar-refractivity contribution in [2.24, 2.45) is 0 Å². The number of hydrogen-bond donors (Lipinski definition) is 0. The average molecular weight is 351 g/mol. The van der Waals surface area contributed by atoms with E-state index >= 15 is 0 Å². The van der Waals surface area contributed by atoms with E-state index in [1.807, 2.05) is 11.0 Å². The first-order valence-corrected chi connectivity index (χ1v) is 8.78. The number of amides is 1. The molecule has 0 radical (unpaired) electrons. The molecule has 25 heavy (non-hydrogen) atoms. The summed E-state index contributed by atoms with van der Waals surface area (Å²) in [5.74, 6) is 0.138. The summed E-state index contributed by atoms with van der Waals surface area (Å²) in [5, 5.41) is 0. The molecule has 0 unspecified atom stereocenters. The Kier molecular flexibility index (Phi) is 6.23. The molecule has 0 saturated carbocycles. The van der Waals surface area contributed by atoms with E-state index < -0.39 is 0 Å². The van der Waals surface area contributed by atoms with Gasteiger partial charge in [0, 0.05) is 45.8 Å². The fourth-order valence-corrected chi connectivity index (χ4v) is 3.28. The van der Waals surface area contributed by atoms with Crippen molar-refractivity contribution in [1.29, 1.82) is 0 Å². The van der Waals surface area contributed by atoms with Crippen LogP contribution < -0.4 is 4.74 Å². The van der Waals surface area contributed by atoms with Crippen LogP contribution in [-0.2, 0) is 16.1 Å². The lowest BCUT2D eigenvalue weighted by Crippen LogP contribution is -2.51. The van der Waals surface area contributed by atoms with Crippen molar-refractivity contribution in [1.82, 2.24) is 14.7 Å². The summed E-state index contributed by atoms with van der Waals surface area (Å²) in [6.45, 7) is 7.33. The van der Waals surface area contributed by atoms with Crippen molar-refractivity contribution >= 4 is 5.91 Å². The van der Waals surface area contributed by atoms with Crippen LogP contribution in [0.25, 0.3) is 0 Å². The van der Waals surface area contributed by atoms with Crippen LogP contribution in [0.3, 0.4) is 0 Å². The zero-order valence-corrected chi connectivity index (χ0v) is 14.7. The van der Waals surface area contributed by atoms with E-state index in [9.17, 15) is 9.18 Å². The molecule has 6 nitrogen and oxygen atoms in total. The zero-order chi connectivity index (χ0) is 17.6. The fraction of sp³-hybridized carbons (Fsp3) is 0.611. The average Bonchev–Trinajstić information content (AvgIpc) is 2.64. The monoisotopic (exact) mass is 351 g/mol. The smallest absolute Gasteiger partial charge is 0.236 e. The van der Waals surface area contributed by atoms with Gasteiger partial charge in [-0.15, -0.1) is 0 Å². The maximum absolute atomic E-state index is 13.8. The molecule has 2 heterocycles. The van der Waals surface area contributed by atoms with Gasteiger partial charge in [0.25, 0.3) is 0 Å². The van der Waals surface area contributed by atoms with Crippen molar-refractivity contribution < 1.29 is 18.7 Å². The molecule has 0 bridgehead atoms. The second kappa shape index (κ2) is 8.60. The highest BCUT2D eigenvalue weighted by molar-refractivity contribution is 5.78. The fourth-order valence-electron chi connectivity index (χ4n) is 3.28. The first-order valence-electron chi connectivity index (χ1n) is 8.78. The molecule has 0 N–H and O–H groups in total. The largest absolute Gasteiger partial charge is 0.494 e. The normalized spacial score (nSPS) is 19.8. The van der Waals surface area contributed by atoms with Crippen molar-refractivity contribution in [2.45, 2.75) is 6.54 Å². The molecule has 0 aromatic heterocycles. The highest BCUT2D eigenvalue weighted by Crippen LogP contribution is 2.19. The Bertz CT molecular complexity index is 585. The Morgan fingerprint density at radius 3 is 2.44 bits per heavy atom. The van der Waals surface area contributed by atoms with Gasteiger partial charge in [-0.25, -0.2) is 4.39 Å². The lowest BCUT2D eigenvalue weighted by Gasteiger charge is -2.36. The Hall–Kier alpha value is -1.70. The second-order valence-corrected chi connectivity index (χ2v) is 6.51. The van der Waals surface area contributed by atoms with Crippen molar-refractivity contribution in [2.75, 3.05) is 66.1 Å². The van der Waals surface area contributed by atoms with Gasteiger partial charge in [0.1, 0.15) is 0 Å². The molecule has 1 amide bonds. The van der Waals surface area contributed by atoms with Crippen LogP contribution in [0, 0.1) is 5.82 Å². The lowest BCUT2D eigenvalue weighted by molar-refractivity contribution is -0.136. The molecule has 0 aliphatic carbocycles. The topological polar surface area (TPSA) is 45.2 Å². The quantitative estimate of drug-likeness (QED) is 0.786. The van der Waals surface area contributed by atoms with Gasteiger partial charge in [-0.3, -0.25) is 14.6 Å². The summed E-state index contributed by atoms with van der Waals surface area (Å²) < 4.78 is 24.0. The number of benzene rings is 1. The molecule has 2 saturated heterocycles. The van der Waals surface area contributed by atoms with Crippen LogP contribution in [0.4, 0.5) is 4.39 Å². The molecular formula is C18H26FN3O3. The van der Waals surface area contributed by atoms with Crippen LogP contribution in [0.1, 0.15) is 5.56 Å². The molecule has 7 heteroatoms. The summed E-state index contributed by atoms with van der Waals surface area (Å²) in [6.07, 6.45) is 0. The van der Waals surface area contributed by atoms with Gasteiger partial charge in [-0.1, -0.05) is 6.07 Å². The first-order chi connectivity index (χ1) is 12.2. The van der Waals surface area contributed by atoms with E-state index in [2.05, 4.69) is 9.80 Å². The van der Waals surface area contributed by atoms with Gasteiger partial charge in [0.2, 0.25) is 5.91 Å². The number of halogens is 1. The number of hydrogen-bond acceptors (Lipinski definition) is 5. The van der Waals surface area contributed by atoms with E-state index in [0.717, 1.165) is 31.7 Å². The number of carbonyl (C=O) groups is 1. The standard InChI is InChI=1S/C18H26FN3O3/c1-24-17-3-2-15(12-16(17)19)13-20-4-6-21(7-5-20)14-18(23)22-8-10-25-11-9-22/h2-3,12H,4-11,13-14H2,1H3. The predicted molar refractivity (Wildman–Crippen MR) is 92.1 cm³/mol. The van der Waals surface area contributed by atoms with Crippen molar-refractivity contribution in [3.05, 3.63) is 29.6 Å². The maximum atomic E-state index is 13.8. The van der Waals surface area contributed by atoms with E-state index in [1.165, 1.54) is 13.2 Å². The molecule has 2 aliphatic rings. The van der Waals surface area contributed by atoms with E-state index in [-0.39, 0.29) is 17.5 Å². The van der Waals surface area contributed by atoms with Crippen LogP contribution in [-0.4, -0.2) is 86.7 Å². The van der Waals surface area contributed by atoms with Crippen LogP contribution in [0.2, 0.25) is 0 Å². The predicted octanol–water partition coefficient (Wildman–Crippen LogP) is 0.811. The molecule has 1 aromatic carbocycles. The number of ether oxygens (including phenoxy) is 2. The second-order valence-electron chi connectivity index (χ2n) is 6.51. The van der Waals surface area contributed by atoms with Crippen LogP contribution in [0.15, 0.2) is 18.2 Å². The van der Waals surface area contributed by atoms with Crippen LogP contribution >= 0.6 is 0 Å². The highest BCUT2D eigenvalue weighted by atomic mass is 19.1. The van der Waals surface area contributed by atoms with E-state index in [0.29, 0.717) is 39.4 Å². The number of methoxy groups -OCH3 is 1. The van der Waals surface area contributed by atoms with Gasteiger partial charge in [0.15, 0.2) is 11.6 Å². The third-order valence-corrected chi connectivity index (χ3v) is 4.81. The summed E-state index contributed by atoms with van der Waals surface area (Å²) >= 11 is 0. The highest BCUT2D eigenvalue weighted by Gasteiger charge is 2.23. The van der Waals surface area contributed by atoms with Crippen molar-refractivity contribution in [3.8, 4) is 5.75 Å². The van der Waals surface area contributed by atoms with Gasteiger partial charge in [-0.2, -0.15) is 0 Å². The third kappa shape index (κ3) is 4.90. The number of piperazine rings is 1. The molecule has 2 fully saturated rings. The maximum Gasteiger partial charge on any atom is 0.236 e. The van der Waals surface area contributed by atoms with E-state index in [1.54, 1.807) is 6.07 Å². The number of carbonyl (C=O) groups excluding carboxylic acids is 1. The minimum absolute atomic E-state index is 0.189. The number of nitrogens with zero attached hydrogens (tertiary/aromatic N) is 3. The van der Waals surface area contributed by atoms with Gasteiger partial charge in [-0.05, 0) is 17.7 Å². The molecule has 138 valence electrons. The van der Waals surface area contributed by atoms with Gasteiger partial charge >= 0.3 is 0 Å². The minimum atomic E-state index is -0.324. The Labute approximate surface area is 148 Å². The Morgan fingerprint density at radius 1 is 1.12 bits per heavy atom. The molecular weight excluding hydrogens is 325 g/mol. The SMILES string of the molecule is COc1ccc(CN2CCN(CC(=O)N3CCOCC3)CC2)cc1F. The summed E-state index contributed by atoms with van der Waals surface area (Å²) in [6, 6.07) is 5.10.